The van der Waals surface area contributed by atoms with Gasteiger partial charge in [0.2, 0.25) is 5.91 Å². The van der Waals surface area contributed by atoms with Crippen LogP contribution in [0.1, 0.15) is 52.4 Å². The Labute approximate surface area is 141 Å². The normalized spacial score (nSPS) is 26.7. The predicted molar refractivity (Wildman–Crippen MR) is 95.4 cm³/mol. The van der Waals surface area contributed by atoms with Gasteiger partial charge in [0.1, 0.15) is 6.54 Å². The van der Waals surface area contributed by atoms with Gasteiger partial charge in [-0.3, -0.25) is 4.79 Å². The van der Waals surface area contributed by atoms with Crippen LogP contribution in [-0.4, -0.2) is 50.0 Å². The van der Waals surface area contributed by atoms with Crippen LogP contribution >= 0.6 is 0 Å². The van der Waals surface area contributed by atoms with Crippen LogP contribution in [0.3, 0.4) is 0 Å². The summed E-state index contributed by atoms with van der Waals surface area (Å²) >= 11 is 0. The van der Waals surface area contributed by atoms with Crippen molar-refractivity contribution >= 4 is 11.9 Å². The minimum atomic E-state index is 0.0428. The van der Waals surface area contributed by atoms with E-state index in [0.717, 1.165) is 36.7 Å². The summed E-state index contributed by atoms with van der Waals surface area (Å²) in [7, 11) is 3.55. The van der Waals surface area contributed by atoms with Crippen molar-refractivity contribution in [2.75, 3.05) is 27.2 Å². The highest BCUT2D eigenvalue weighted by atomic mass is 16.2. The van der Waals surface area contributed by atoms with Gasteiger partial charge < -0.3 is 15.5 Å². The number of likely N-dealkylation sites (N-methyl/N-ethyl adjacent to an activating group) is 1. The van der Waals surface area contributed by atoms with E-state index in [0.29, 0.717) is 6.04 Å². The zero-order valence-electron chi connectivity index (χ0n) is 15.3. The number of nitrogens with one attached hydrogen (secondary N) is 2. The lowest BCUT2D eigenvalue weighted by molar-refractivity contribution is -0.127. The second-order valence-electron chi connectivity index (χ2n) is 7.84. The lowest BCUT2D eigenvalue weighted by Crippen LogP contribution is -2.46. The zero-order chi connectivity index (χ0) is 16.8. The summed E-state index contributed by atoms with van der Waals surface area (Å²) in [5.41, 5.74) is 0. The molecule has 0 aliphatic heterocycles. The number of hydrogen-bond donors (Lipinski definition) is 2. The number of hydrogen-bond acceptors (Lipinski definition) is 2. The maximum atomic E-state index is 11.8. The molecule has 0 aromatic heterocycles. The fraction of sp³-hybridized carbons (Fsp3) is 0.889. The Hall–Kier alpha value is -1.26. The van der Waals surface area contributed by atoms with Crippen molar-refractivity contribution in [1.29, 1.82) is 0 Å². The van der Waals surface area contributed by atoms with Crippen molar-refractivity contribution in [2.24, 2.45) is 22.7 Å². The molecule has 5 nitrogen and oxygen atoms in total. The first-order valence-electron chi connectivity index (χ1n) is 9.20. The fourth-order valence-electron chi connectivity index (χ4n) is 3.75. The molecule has 0 spiro atoms. The Morgan fingerprint density at radius 2 is 2.04 bits per heavy atom. The molecule has 0 heterocycles. The second-order valence-corrected chi connectivity index (χ2v) is 7.84. The first kappa shape index (κ1) is 18.1. The van der Waals surface area contributed by atoms with Crippen LogP contribution in [0.15, 0.2) is 4.99 Å². The average molecular weight is 322 g/mol. The third-order valence-corrected chi connectivity index (χ3v) is 5.18. The molecule has 2 saturated carbocycles. The molecule has 23 heavy (non-hydrogen) atoms. The van der Waals surface area contributed by atoms with Crippen molar-refractivity contribution in [3.05, 3.63) is 0 Å². The van der Waals surface area contributed by atoms with Gasteiger partial charge in [-0.2, -0.15) is 0 Å². The highest BCUT2D eigenvalue weighted by Crippen LogP contribution is 2.44. The largest absolute Gasteiger partial charge is 0.356 e. The summed E-state index contributed by atoms with van der Waals surface area (Å²) in [6, 6.07) is 0.541. The third kappa shape index (κ3) is 5.70. The van der Waals surface area contributed by atoms with Crippen LogP contribution in [0.5, 0.6) is 0 Å². The average Bonchev–Trinajstić information content (AvgIpc) is 3.10. The van der Waals surface area contributed by atoms with Gasteiger partial charge in [0.05, 0.1) is 0 Å². The highest BCUT2D eigenvalue weighted by molar-refractivity contribution is 5.85. The molecule has 3 unspecified atom stereocenters. The second kappa shape index (κ2) is 8.55. The van der Waals surface area contributed by atoms with Crippen molar-refractivity contribution in [1.82, 2.24) is 15.5 Å². The summed E-state index contributed by atoms with van der Waals surface area (Å²) in [6.07, 6.45) is 7.73. The van der Waals surface area contributed by atoms with E-state index in [1.165, 1.54) is 32.1 Å². The maximum absolute atomic E-state index is 11.8. The highest BCUT2D eigenvalue weighted by Gasteiger charge is 2.39. The van der Waals surface area contributed by atoms with E-state index in [-0.39, 0.29) is 12.5 Å². The summed E-state index contributed by atoms with van der Waals surface area (Å²) < 4.78 is 0. The summed E-state index contributed by atoms with van der Waals surface area (Å²) in [5.74, 6) is 3.30. The van der Waals surface area contributed by atoms with Crippen LogP contribution in [0, 0.1) is 17.8 Å². The summed E-state index contributed by atoms with van der Waals surface area (Å²) in [4.78, 5) is 17.9. The number of rotatable bonds is 7. The van der Waals surface area contributed by atoms with Gasteiger partial charge in [0.25, 0.3) is 0 Å². The molecule has 132 valence electrons. The molecule has 2 aliphatic carbocycles. The molecule has 2 N–H and O–H groups in total. The maximum Gasteiger partial charge on any atom is 0.243 e. The molecule has 5 heteroatoms. The van der Waals surface area contributed by atoms with Gasteiger partial charge in [-0.05, 0) is 49.9 Å². The van der Waals surface area contributed by atoms with Crippen molar-refractivity contribution in [2.45, 2.75) is 58.4 Å². The fourth-order valence-corrected chi connectivity index (χ4v) is 3.75. The Bertz CT molecular complexity index is 419. The minimum Gasteiger partial charge on any atom is -0.356 e. The van der Waals surface area contributed by atoms with E-state index in [1.807, 2.05) is 0 Å². The van der Waals surface area contributed by atoms with Crippen molar-refractivity contribution in [3.8, 4) is 0 Å². The zero-order valence-corrected chi connectivity index (χ0v) is 15.3. The predicted octanol–water partition coefficient (Wildman–Crippen LogP) is 2.23. The molecule has 1 amide bonds. The number of guanidine groups is 1. The molecular formula is C18H34N4O. The van der Waals surface area contributed by atoms with E-state index in [2.05, 4.69) is 29.5 Å². The molecule has 2 fully saturated rings. The molecule has 0 saturated heterocycles. The first-order chi connectivity index (χ1) is 11.0. The monoisotopic (exact) mass is 322 g/mol. The van der Waals surface area contributed by atoms with Gasteiger partial charge in [-0.1, -0.05) is 20.3 Å². The topological polar surface area (TPSA) is 56.7 Å². The quantitative estimate of drug-likeness (QED) is 0.429. The van der Waals surface area contributed by atoms with Gasteiger partial charge >= 0.3 is 0 Å². The van der Waals surface area contributed by atoms with Crippen molar-refractivity contribution < 1.29 is 4.79 Å². The number of nitrogens with zero attached hydrogens (tertiary/aromatic N) is 2. The number of aliphatic imine (C=N–C) groups is 1. The summed E-state index contributed by atoms with van der Waals surface area (Å²) in [6.45, 7) is 5.63. The Morgan fingerprint density at radius 3 is 2.61 bits per heavy atom. The lowest BCUT2D eigenvalue weighted by atomic mass is 9.95. The number of fused-ring (bicyclic) bond motifs is 2. The Balaban J connectivity index is 1.85. The summed E-state index contributed by atoms with van der Waals surface area (Å²) in [5, 5.41) is 7.02. The third-order valence-electron chi connectivity index (χ3n) is 5.18. The van der Waals surface area contributed by atoms with E-state index in [1.54, 1.807) is 19.0 Å². The standard InChI is InChI=1S/C18H34N4O/c1-13(2)6-5-9-19-18(20-12-17(23)22(3)4)21-16-11-14-7-8-15(16)10-14/h13-16H,5-12H2,1-4H3,(H2,19,20,21). The minimum absolute atomic E-state index is 0.0428. The number of carbonyl (C=O) groups excluding carboxylic acids is 1. The Kier molecular flexibility index (Phi) is 6.72. The molecular weight excluding hydrogens is 288 g/mol. The smallest absolute Gasteiger partial charge is 0.243 e. The van der Waals surface area contributed by atoms with Crippen LogP contribution in [0.2, 0.25) is 0 Å². The molecule has 0 aromatic carbocycles. The molecule has 2 bridgehead atoms. The SMILES string of the molecule is CC(C)CCCNC(=NCC(=O)N(C)C)NC1CC2CCC1C2. The van der Waals surface area contributed by atoms with Crippen molar-refractivity contribution in [3.63, 3.8) is 0 Å². The van der Waals surface area contributed by atoms with E-state index < -0.39 is 0 Å². The van der Waals surface area contributed by atoms with Crippen LogP contribution < -0.4 is 10.6 Å². The van der Waals surface area contributed by atoms with Gasteiger partial charge in [0, 0.05) is 26.7 Å². The van der Waals surface area contributed by atoms with Gasteiger partial charge in [-0.25, -0.2) is 4.99 Å². The molecule has 0 aromatic rings. The van der Waals surface area contributed by atoms with E-state index in [9.17, 15) is 4.79 Å². The molecule has 2 rings (SSSR count). The van der Waals surface area contributed by atoms with E-state index in [4.69, 9.17) is 0 Å². The molecule has 0 radical (unpaired) electrons. The first-order valence-corrected chi connectivity index (χ1v) is 9.20. The molecule has 2 aliphatic rings. The number of carbonyl (C=O) groups is 1. The van der Waals surface area contributed by atoms with Crippen LogP contribution in [-0.2, 0) is 4.79 Å². The van der Waals surface area contributed by atoms with Gasteiger partial charge in [-0.15, -0.1) is 0 Å². The molecule has 3 atom stereocenters. The van der Waals surface area contributed by atoms with Crippen LogP contribution in [0.25, 0.3) is 0 Å². The van der Waals surface area contributed by atoms with Gasteiger partial charge in [0.15, 0.2) is 5.96 Å². The van der Waals surface area contributed by atoms with E-state index >= 15 is 0 Å². The lowest BCUT2D eigenvalue weighted by Gasteiger charge is -2.25. The Morgan fingerprint density at radius 1 is 1.26 bits per heavy atom. The number of amides is 1. The van der Waals surface area contributed by atoms with Crippen LogP contribution in [0.4, 0.5) is 0 Å².